The van der Waals surface area contributed by atoms with Crippen LogP contribution in [-0.2, 0) is 6.18 Å². The first kappa shape index (κ1) is 16.3. The van der Waals surface area contributed by atoms with Crippen molar-refractivity contribution in [3.63, 3.8) is 0 Å². The van der Waals surface area contributed by atoms with E-state index >= 15 is 0 Å². The summed E-state index contributed by atoms with van der Waals surface area (Å²) in [5, 5.41) is 9.83. The smallest absolute Gasteiger partial charge is 0.391 e. The van der Waals surface area contributed by atoms with Crippen molar-refractivity contribution in [3.8, 4) is 0 Å². The predicted octanol–water partition coefficient (Wildman–Crippen LogP) is 3.91. The van der Waals surface area contributed by atoms with Crippen LogP contribution in [0.25, 0.3) is 0 Å². The van der Waals surface area contributed by atoms with Gasteiger partial charge < -0.3 is 10.8 Å². The molecule has 2 nitrogen and oxygen atoms in total. The average molecular weight is 296 g/mol. The fraction of sp³-hybridized carbons (Fsp3) is 0.538. The van der Waals surface area contributed by atoms with E-state index in [-0.39, 0.29) is 10.6 Å². The molecule has 19 heavy (non-hydrogen) atoms. The maximum atomic E-state index is 12.9. The Labute approximate surface area is 115 Å². The summed E-state index contributed by atoms with van der Waals surface area (Å²) >= 11 is 5.59. The summed E-state index contributed by atoms with van der Waals surface area (Å²) in [6, 6.07) is 2.34. The second-order valence-corrected chi connectivity index (χ2v) is 4.90. The third-order valence-corrected chi connectivity index (χ3v) is 3.18. The van der Waals surface area contributed by atoms with E-state index < -0.39 is 23.9 Å². The molecule has 6 heteroatoms. The van der Waals surface area contributed by atoms with E-state index in [2.05, 4.69) is 0 Å². The highest BCUT2D eigenvalue weighted by Crippen LogP contribution is 2.36. The van der Waals surface area contributed by atoms with Gasteiger partial charge in [0.25, 0.3) is 0 Å². The molecule has 1 aromatic rings. The molecule has 0 heterocycles. The number of benzene rings is 1. The lowest BCUT2D eigenvalue weighted by molar-refractivity contribution is -0.138. The second kappa shape index (κ2) is 6.59. The molecule has 0 saturated carbocycles. The third-order valence-electron chi connectivity index (χ3n) is 2.95. The Morgan fingerprint density at radius 2 is 2.00 bits per heavy atom. The number of nitrogens with two attached hydrogens (primary N) is 1. The molecule has 0 amide bonds. The van der Waals surface area contributed by atoms with Crippen LogP contribution < -0.4 is 5.73 Å². The number of aliphatic hydroxyl groups excluding tert-OH is 1. The van der Waals surface area contributed by atoms with E-state index in [4.69, 9.17) is 17.3 Å². The predicted molar refractivity (Wildman–Crippen MR) is 68.9 cm³/mol. The molecule has 0 unspecified atom stereocenters. The molecule has 0 radical (unpaired) electrons. The Balaban J connectivity index is 3.05. The van der Waals surface area contributed by atoms with Crippen molar-refractivity contribution in [2.75, 3.05) is 0 Å². The second-order valence-electron chi connectivity index (χ2n) is 4.46. The Morgan fingerprint density at radius 3 is 2.53 bits per heavy atom. The van der Waals surface area contributed by atoms with Gasteiger partial charge in [-0.25, -0.2) is 0 Å². The summed E-state index contributed by atoms with van der Waals surface area (Å²) < 4.78 is 38.7. The Morgan fingerprint density at radius 1 is 1.37 bits per heavy atom. The lowest BCUT2D eigenvalue weighted by Gasteiger charge is -2.23. The zero-order valence-electron chi connectivity index (χ0n) is 10.5. The number of hydrogen-bond acceptors (Lipinski definition) is 2. The maximum absolute atomic E-state index is 12.9. The van der Waals surface area contributed by atoms with Gasteiger partial charge in [0.1, 0.15) is 0 Å². The summed E-state index contributed by atoms with van der Waals surface area (Å²) in [4.78, 5) is 0. The van der Waals surface area contributed by atoms with Gasteiger partial charge >= 0.3 is 6.18 Å². The molecule has 108 valence electrons. The summed E-state index contributed by atoms with van der Waals surface area (Å²) in [5.41, 5.74) is 4.72. The first-order chi connectivity index (χ1) is 8.77. The summed E-state index contributed by atoms with van der Waals surface area (Å²) in [6.45, 7) is 1.93. The zero-order valence-corrected chi connectivity index (χ0v) is 11.3. The number of halogens is 4. The van der Waals surface area contributed by atoms with Gasteiger partial charge in [0.15, 0.2) is 0 Å². The molecule has 0 saturated heterocycles. The number of alkyl halides is 3. The summed E-state index contributed by atoms with van der Waals surface area (Å²) in [7, 11) is 0. The molecular formula is C13H17ClF3NO. The van der Waals surface area contributed by atoms with E-state index in [1.165, 1.54) is 12.1 Å². The maximum Gasteiger partial charge on any atom is 0.416 e. The largest absolute Gasteiger partial charge is 0.416 e. The molecular weight excluding hydrogens is 279 g/mol. The van der Waals surface area contributed by atoms with Crippen molar-refractivity contribution in [1.82, 2.24) is 0 Å². The van der Waals surface area contributed by atoms with E-state index in [1.54, 1.807) is 0 Å². The van der Waals surface area contributed by atoms with Crippen LogP contribution in [-0.4, -0.2) is 11.2 Å². The van der Waals surface area contributed by atoms with Gasteiger partial charge in [0.2, 0.25) is 0 Å². The van der Waals surface area contributed by atoms with E-state index in [1.807, 2.05) is 6.92 Å². The van der Waals surface area contributed by atoms with Crippen LogP contribution in [0, 0.1) is 0 Å². The number of aliphatic hydroxyl groups is 1. The number of unbranched alkanes of at least 4 members (excludes halogenated alkanes) is 1. The number of rotatable bonds is 5. The van der Waals surface area contributed by atoms with Gasteiger partial charge in [0, 0.05) is 5.02 Å². The lowest BCUT2D eigenvalue weighted by atomic mass is 9.94. The number of hydrogen-bond donors (Lipinski definition) is 2. The third kappa shape index (κ3) is 4.37. The molecule has 0 aromatic heterocycles. The molecule has 0 aliphatic carbocycles. The van der Waals surface area contributed by atoms with Crippen molar-refractivity contribution < 1.29 is 18.3 Å². The van der Waals surface area contributed by atoms with Crippen LogP contribution in [0.2, 0.25) is 5.02 Å². The Kier molecular flexibility index (Phi) is 5.64. The lowest BCUT2D eigenvalue weighted by Crippen LogP contribution is -2.28. The monoisotopic (exact) mass is 295 g/mol. The van der Waals surface area contributed by atoms with Crippen LogP contribution in [0.4, 0.5) is 13.2 Å². The Hall–Kier alpha value is -0.780. The van der Waals surface area contributed by atoms with Crippen molar-refractivity contribution in [2.24, 2.45) is 5.73 Å². The minimum atomic E-state index is -4.54. The van der Waals surface area contributed by atoms with Gasteiger partial charge in [-0.15, -0.1) is 0 Å². The topological polar surface area (TPSA) is 46.2 Å². The van der Waals surface area contributed by atoms with E-state index in [9.17, 15) is 18.3 Å². The molecule has 3 N–H and O–H groups in total. The van der Waals surface area contributed by atoms with Gasteiger partial charge in [-0.2, -0.15) is 13.2 Å². The van der Waals surface area contributed by atoms with Crippen molar-refractivity contribution in [3.05, 3.63) is 34.3 Å². The zero-order chi connectivity index (χ0) is 14.6. The van der Waals surface area contributed by atoms with Crippen LogP contribution in [0.3, 0.4) is 0 Å². The van der Waals surface area contributed by atoms with Crippen molar-refractivity contribution in [1.29, 1.82) is 0 Å². The summed E-state index contributed by atoms with van der Waals surface area (Å²) in [6.07, 6.45) is -3.61. The molecule has 0 aliphatic heterocycles. The molecule has 0 spiro atoms. The Bertz CT molecular complexity index is 423. The molecule has 0 fully saturated rings. The highest BCUT2D eigenvalue weighted by atomic mass is 35.5. The minimum absolute atomic E-state index is 0.00803. The SMILES string of the molecule is CCCC[C@H](O)[C@H](N)c1ccc(Cl)cc1C(F)(F)F. The van der Waals surface area contributed by atoms with Crippen LogP contribution in [0.5, 0.6) is 0 Å². The first-order valence-electron chi connectivity index (χ1n) is 6.07. The molecule has 0 bridgehead atoms. The van der Waals surface area contributed by atoms with Crippen molar-refractivity contribution >= 4 is 11.6 Å². The van der Waals surface area contributed by atoms with E-state index in [0.717, 1.165) is 12.5 Å². The average Bonchev–Trinajstić information content (AvgIpc) is 2.34. The van der Waals surface area contributed by atoms with Gasteiger partial charge in [-0.1, -0.05) is 37.4 Å². The fourth-order valence-corrected chi connectivity index (χ4v) is 2.04. The normalized spacial score (nSPS) is 15.3. The highest BCUT2D eigenvalue weighted by molar-refractivity contribution is 6.30. The van der Waals surface area contributed by atoms with E-state index in [0.29, 0.717) is 12.8 Å². The molecule has 0 aliphatic rings. The van der Waals surface area contributed by atoms with Crippen LogP contribution in [0.1, 0.15) is 43.4 Å². The van der Waals surface area contributed by atoms with Crippen LogP contribution in [0.15, 0.2) is 18.2 Å². The minimum Gasteiger partial charge on any atom is -0.391 e. The molecule has 2 atom stereocenters. The van der Waals surface area contributed by atoms with Gasteiger partial charge in [-0.05, 0) is 24.1 Å². The van der Waals surface area contributed by atoms with Crippen molar-refractivity contribution in [2.45, 2.75) is 44.5 Å². The fourth-order valence-electron chi connectivity index (χ4n) is 1.86. The molecule has 1 aromatic carbocycles. The quantitative estimate of drug-likeness (QED) is 0.865. The first-order valence-corrected chi connectivity index (χ1v) is 6.45. The van der Waals surface area contributed by atoms with Gasteiger partial charge in [-0.3, -0.25) is 0 Å². The van der Waals surface area contributed by atoms with Gasteiger partial charge in [0.05, 0.1) is 17.7 Å². The highest BCUT2D eigenvalue weighted by Gasteiger charge is 2.36. The van der Waals surface area contributed by atoms with Crippen LogP contribution >= 0.6 is 11.6 Å². The standard InChI is InChI=1S/C13H17ClF3NO/c1-2-3-4-11(19)12(18)9-6-5-8(14)7-10(9)13(15,16)17/h5-7,11-12,19H,2-4,18H2,1H3/t11-,12+/m0/s1. The molecule has 1 rings (SSSR count). The summed E-state index contributed by atoms with van der Waals surface area (Å²) in [5.74, 6) is 0.